The minimum atomic E-state index is -0.740. The highest BCUT2D eigenvalue weighted by atomic mass is 32.2. The van der Waals surface area contributed by atoms with Gasteiger partial charge < -0.3 is 25.4 Å². The molecule has 0 aromatic heterocycles. The van der Waals surface area contributed by atoms with Gasteiger partial charge in [0.05, 0.1) is 29.8 Å². The molecule has 2 aromatic rings. The van der Waals surface area contributed by atoms with Gasteiger partial charge in [-0.05, 0) is 56.5 Å². The third-order valence-corrected chi connectivity index (χ3v) is 9.88. The summed E-state index contributed by atoms with van der Waals surface area (Å²) in [6.45, 7) is 4.66. The Balaban J connectivity index is 1.40. The van der Waals surface area contributed by atoms with Crippen molar-refractivity contribution in [3.05, 3.63) is 60.2 Å². The number of benzene rings is 2. The molecule has 2 bridgehead atoms. The van der Waals surface area contributed by atoms with Crippen LogP contribution in [0, 0.1) is 11.8 Å². The lowest BCUT2D eigenvalue weighted by atomic mass is 9.66. The third kappa shape index (κ3) is 4.38. The van der Waals surface area contributed by atoms with Gasteiger partial charge in [0.1, 0.15) is 11.8 Å². The molecule has 3 saturated heterocycles. The first-order valence-corrected chi connectivity index (χ1v) is 13.6. The van der Waals surface area contributed by atoms with Gasteiger partial charge in [-0.2, -0.15) is 0 Å². The largest absolute Gasteiger partial charge is 0.494 e. The topological polar surface area (TPSA) is 108 Å². The smallest absolute Gasteiger partial charge is 0.244 e. The molecule has 3 fully saturated rings. The number of aliphatic hydroxyl groups is 1. The van der Waals surface area contributed by atoms with Crippen LogP contribution in [0.4, 0.5) is 5.69 Å². The summed E-state index contributed by atoms with van der Waals surface area (Å²) in [7, 11) is 0. The Bertz CT molecular complexity index is 1180. The second-order valence-corrected chi connectivity index (χ2v) is 12.0. The Labute approximate surface area is 221 Å². The second kappa shape index (κ2) is 10.0. The van der Waals surface area contributed by atoms with Crippen molar-refractivity contribution in [2.75, 3.05) is 25.1 Å². The number of hydrogen-bond acceptors (Lipinski definition) is 6. The number of ether oxygens (including phenoxy) is 1. The minimum absolute atomic E-state index is 0.0605. The first-order valence-electron chi connectivity index (χ1n) is 12.8. The summed E-state index contributed by atoms with van der Waals surface area (Å²) < 4.78 is 4.32. The van der Waals surface area contributed by atoms with E-state index in [1.807, 2.05) is 44.2 Å². The highest BCUT2D eigenvalue weighted by molar-refractivity contribution is 8.02. The molecule has 3 aliphatic rings. The van der Waals surface area contributed by atoms with Gasteiger partial charge in [-0.3, -0.25) is 14.4 Å². The van der Waals surface area contributed by atoms with Crippen LogP contribution in [-0.2, 0) is 20.9 Å². The number of nitrogens with zero attached hydrogens (tertiary/aromatic N) is 1. The maximum atomic E-state index is 13.8. The Kier molecular flexibility index (Phi) is 6.93. The van der Waals surface area contributed by atoms with Crippen LogP contribution in [0.2, 0.25) is 0 Å². The van der Waals surface area contributed by atoms with Crippen LogP contribution >= 0.6 is 11.8 Å². The monoisotopic (exact) mass is 523 g/mol. The standard InChI is InChI=1S/C28H33N3O5S/c1-3-36-20-11-9-19(10-12-20)30-24(33)21-22-26(35)31(15-16-32)23(28(22)14-13-27(21,2)37-28)25(34)29-17-18-7-5-4-6-8-18/h4-12,21-23,32H,3,13-17H2,1-2H3,(H,29,34)(H,30,33)/t21-,22+,23?,27+,28?/m1/s1. The van der Waals surface area contributed by atoms with E-state index < -0.39 is 27.4 Å². The van der Waals surface area contributed by atoms with Crippen LogP contribution in [0.1, 0.15) is 32.3 Å². The van der Waals surface area contributed by atoms with E-state index in [0.717, 1.165) is 17.7 Å². The first-order chi connectivity index (χ1) is 17.8. The lowest BCUT2D eigenvalue weighted by Gasteiger charge is -2.34. The average Bonchev–Trinajstić information content (AvgIpc) is 3.46. The van der Waals surface area contributed by atoms with Crippen LogP contribution in [0.15, 0.2) is 54.6 Å². The van der Waals surface area contributed by atoms with Gasteiger partial charge in [0.25, 0.3) is 0 Å². The quantitative estimate of drug-likeness (QED) is 0.467. The summed E-state index contributed by atoms with van der Waals surface area (Å²) >= 11 is 1.61. The van der Waals surface area contributed by atoms with E-state index >= 15 is 0 Å². The molecule has 3 amide bonds. The second-order valence-electron chi connectivity index (χ2n) is 10.1. The summed E-state index contributed by atoms with van der Waals surface area (Å²) in [5.41, 5.74) is 1.60. The number of anilines is 1. The van der Waals surface area contributed by atoms with Crippen molar-refractivity contribution in [2.45, 2.75) is 48.8 Å². The molecule has 37 heavy (non-hydrogen) atoms. The molecule has 0 radical (unpaired) electrons. The van der Waals surface area contributed by atoms with E-state index in [2.05, 4.69) is 10.6 Å². The summed E-state index contributed by atoms with van der Waals surface area (Å²) in [5, 5.41) is 15.8. The fourth-order valence-corrected chi connectivity index (χ4v) is 8.73. The van der Waals surface area contributed by atoms with Crippen molar-refractivity contribution in [3.8, 4) is 5.75 Å². The number of carbonyl (C=O) groups is 3. The zero-order valence-corrected chi connectivity index (χ0v) is 21.9. The maximum Gasteiger partial charge on any atom is 0.244 e. The molecule has 196 valence electrons. The predicted octanol–water partition coefficient (Wildman–Crippen LogP) is 2.81. The number of likely N-dealkylation sites (tertiary alicyclic amines) is 1. The summed E-state index contributed by atoms with van der Waals surface area (Å²) in [6.07, 6.45) is 1.40. The van der Waals surface area contributed by atoms with Crippen LogP contribution in [0.3, 0.4) is 0 Å². The molecule has 0 aliphatic carbocycles. The number of hydrogen-bond donors (Lipinski definition) is 3. The molecule has 3 heterocycles. The molecule has 2 unspecified atom stereocenters. The van der Waals surface area contributed by atoms with Crippen molar-refractivity contribution in [1.82, 2.24) is 10.2 Å². The average molecular weight is 524 g/mol. The van der Waals surface area contributed by atoms with Gasteiger partial charge in [-0.1, -0.05) is 30.3 Å². The number of β-amino-alcohol motifs (C(OH)–C–C–N with tert-alkyl or cyclic N) is 1. The molecule has 3 aliphatic heterocycles. The molecular formula is C28H33N3O5S. The van der Waals surface area contributed by atoms with Gasteiger partial charge in [0.2, 0.25) is 17.7 Å². The lowest BCUT2D eigenvalue weighted by Crippen LogP contribution is -2.53. The third-order valence-electron chi connectivity index (χ3n) is 7.89. The van der Waals surface area contributed by atoms with Crippen LogP contribution < -0.4 is 15.4 Å². The van der Waals surface area contributed by atoms with E-state index in [9.17, 15) is 19.5 Å². The van der Waals surface area contributed by atoms with E-state index in [4.69, 9.17) is 4.74 Å². The molecule has 8 nitrogen and oxygen atoms in total. The van der Waals surface area contributed by atoms with Crippen molar-refractivity contribution in [2.24, 2.45) is 11.8 Å². The van der Waals surface area contributed by atoms with E-state index in [1.165, 1.54) is 4.90 Å². The van der Waals surface area contributed by atoms with E-state index in [0.29, 0.717) is 25.3 Å². The number of aliphatic hydroxyl groups excluding tert-OH is 1. The number of nitrogens with one attached hydrogen (secondary N) is 2. The van der Waals surface area contributed by atoms with Gasteiger partial charge in [-0.15, -0.1) is 11.8 Å². The number of rotatable bonds is 9. The normalized spacial score (nSPS) is 29.8. The molecule has 5 rings (SSSR count). The van der Waals surface area contributed by atoms with Crippen LogP contribution in [0.5, 0.6) is 5.75 Å². The van der Waals surface area contributed by atoms with Gasteiger partial charge >= 0.3 is 0 Å². The molecular weight excluding hydrogens is 490 g/mol. The van der Waals surface area contributed by atoms with Gasteiger partial charge in [0.15, 0.2) is 0 Å². The van der Waals surface area contributed by atoms with Crippen LogP contribution in [-0.4, -0.2) is 63.0 Å². The Morgan fingerprint density at radius 1 is 1.11 bits per heavy atom. The summed E-state index contributed by atoms with van der Waals surface area (Å²) in [5.74, 6) is -1.17. The predicted molar refractivity (Wildman–Crippen MR) is 142 cm³/mol. The minimum Gasteiger partial charge on any atom is -0.494 e. The maximum absolute atomic E-state index is 13.8. The van der Waals surface area contributed by atoms with Crippen molar-refractivity contribution >= 4 is 35.2 Å². The van der Waals surface area contributed by atoms with Crippen molar-refractivity contribution < 1.29 is 24.2 Å². The highest BCUT2D eigenvalue weighted by Crippen LogP contribution is 2.71. The number of fused-ring (bicyclic) bond motifs is 1. The van der Waals surface area contributed by atoms with E-state index in [1.54, 1.807) is 36.0 Å². The first kappa shape index (κ1) is 25.6. The van der Waals surface area contributed by atoms with Crippen molar-refractivity contribution in [1.29, 1.82) is 0 Å². The van der Waals surface area contributed by atoms with Crippen LogP contribution in [0.25, 0.3) is 0 Å². The van der Waals surface area contributed by atoms with Crippen molar-refractivity contribution in [3.63, 3.8) is 0 Å². The fraction of sp³-hybridized carbons (Fsp3) is 0.464. The number of amides is 3. The molecule has 9 heteroatoms. The molecule has 0 saturated carbocycles. The Morgan fingerprint density at radius 3 is 2.51 bits per heavy atom. The van der Waals surface area contributed by atoms with Gasteiger partial charge in [-0.25, -0.2) is 0 Å². The molecule has 5 atom stereocenters. The molecule has 3 N–H and O–H groups in total. The Hall–Kier alpha value is -3.04. The zero-order chi connectivity index (χ0) is 26.2. The number of carbonyl (C=O) groups excluding carboxylic acids is 3. The highest BCUT2D eigenvalue weighted by Gasteiger charge is 2.77. The summed E-state index contributed by atoms with van der Waals surface area (Å²) in [4.78, 5) is 42.6. The molecule has 1 spiro atoms. The lowest BCUT2D eigenvalue weighted by molar-refractivity contribution is -0.140. The van der Waals surface area contributed by atoms with E-state index in [-0.39, 0.29) is 30.9 Å². The fourth-order valence-electron chi connectivity index (χ4n) is 6.38. The SMILES string of the molecule is CCOc1ccc(NC(=O)[C@H]2[C@H]3C(=O)N(CCO)C(C(=O)NCc4ccccc4)C34CC[C@]2(C)S4)cc1. The zero-order valence-electron chi connectivity index (χ0n) is 21.1. The molecule has 2 aromatic carbocycles. The Morgan fingerprint density at radius 2 is 1.84 bits per heavy atom. The summed E-state index contributed by atoms with van der Waals surface area (Å²) in [6, 6.07) is 16.0. The number of thioether (sulfide) groups is 1. The van der Waals surface area contributed by atoms with Gasteiger partial charge in [0, 0.05) is 23.5 Å².